The summed E-state index contributed by atoms with van der Waals surface area (Å²) in [6.45, 7) is 1.98. The number of halogens is 1. The highest BCUT2D eigenvalue weighted by atomic mass is 19.1. The predicted molar refractivity (Wildman–Crippen MR) is 80.1 cm³/mol. The molecule has 21 heavy (non-hydrogen) atoms. The third-order valence-electron chi connectivity index (χ3n) is 4.96. The SMILES string of the molecule is NCC1(c2ccc(OC3CCOCC3)c(F)c2)CCCC1. The molecular formula is C17H24FNO2. The van der Waals surface area contributed by atoms with Gasteiger partial charge in [0.15, 0.2) is 11.6 Å². The molecule has 0 radical (unpaired) electrons. The Kier molecular flexibility index (Phi) is 4.45. The number of benzene rings is 1. The molecule has 0 atom stereocenters. The molecule has 1 heterocycles. The van der Waals surface area contributed by atoms with E-state index >= 15 is 0 Å². The van der Waals surface area contributed by atoms with Gasteiger partial charge in [-0.15, -0.1) is 0 Å². The van der Waals surface area contributed by atoms with Crippen LogP contribution in [0.1, 0.15) is 44.1 Å². The Labute approximate surface area is 125 Å². The maximum atomic E-state index is 14.4. The Bertz CT molecular complexity index is 480. The van der Waals surface area contributed by atoms with Gasteiger partial charge in [-0.05, 0) is 30.5 Å². The first-order valence-electron chi connectivity index (χ1n) is 7.98. The Morgan fingerprint density at radius 2 is 1.95 bits per heavy atom. The Hall–Kier alpha value is -1.13. The van der Waals surface area contributed by atoms with Gasteiger partial charge >= 0.3 is 0 Å². The molecule has 1 aromatic rings. The van der Waals surface area contributed by atoms with Crippen LogP contribution in [0.4, 0.5) is 4.39 Å². The average molecular weight is 293 g/mol. The van der Waals surface area contributed by atoms with E-state index in [1.165, 1.54) is 12.8 Å². The Morgan fingerprint density at radius 3 is 2.57 bits per heavy atom. The van der Waals surface area contributed by atoms with E-state index in [1.54, 1.807) is 12.1 Å². The summed E-state index contributed by atoms with van der Waals surface area (Å²) in [5.74, 6) is 0.0922. The minimum atomic E-state index is -0.265. The molecule has 2 fully saturated rings. The van der Waals surface area contributed by atoms with Gasteiger partial charge in [-0.25, -0.2) is 4.39 Å². The number of hydrogen-bond acceptors (Lipinski definition) is 3. The van der Waals surface area contributed by atoms with Gasteiger partial charge in [-0.3, -0.25) is 0 Å². The average Bonchev–Trinajstić information content (AvgIpc) is 3.00. The minimum Gasteiger partial charge on any atom is -0.487 e. The number of nitrogens with two attached hydrogens (primary N) is 1. The molecular weight excluding hydrogens is 269 g/mol. The second-order valence-corrected chi connectivity index (χ2v) is 6.27. The van der Waals surface area contributed by atoms with Gasteiger partial charge in [0, 0.05) is 24.8 Å². The van der Waals surface area contributed by atoms with Crippen molar-refractivity contribution in [1.82, 2.24) is 0 Å². The maximum Gasteiger partial charge on any atom is 0.165 e. The molecule has 0 spiro atoms. The molecule has 0 aromatic heterocycles. The highest BCUT2D eigenvalue weighted by molar-refractivity contribution is 5.35. The second kappa shape index (κ2) is 6.32. The third-order valence-corrected chi connectivity index (χ3v) is 4.96. The molecule has 1 saturated heterocycles. The van der Waals surface area contributed by atoms with E-state index in [-0.39, 0.29) is 17.3 Å². The number of rotatable bonds is 4. The molecule has 2 N–H and O–H groups in total. The molecule has 0 amide bonds. The van der Waals surface area contributed by atoms with Crippen molar-refractivity contribution in [2.24, 2.45) is 5.73 Å². The zero-order valence-electron chi connectivity index (χ0n) is 12.4. The standard InChI is InChI=1S/C17H24FNO2/c18-15-11-13(17(12-19)7-1-2-8-17)3-4-16(15)21-14-5-9-20-10-6-14/h3-4,11,14H,1-2,5-10,12,19H2. The van der Waals surface area contributed by atoms with Crippen LogP contribution >= 0.6 is 0 Å². The van der Waals surface area contributed by atoms with Crippen LogP contribution in [0.3, 0.4) is 0 Å². The summed E-state index contributed by atoms with van der Waals surface area (Å²) in [6, 6.07) is 5.40. The fourth-order valence-corrected chi connectivity index (χ4v) is 3.56. The summed E-state index contributed by atoms with van der Waals surface area (Å²) < 4.78 is 25.4. The monoisotopic (exact) mass is 293 g/mol. The lowest BCUT2D eigenvalue weighted by atomic mass is 9.79. The van der Waals surface area contributed by atoms with Gasteiger partial charge in [0.1, 0.15) is 6.10 Å². The van der Waals surface area contributed by atoms with E-state index in [4.69, 9.17) is 15.2 Å². The molecule has 0 unspecified atom stereocenters. The van der Waals surface area contributed by atoms with Crippen molar-refractivity contribution in [2.75, 3.05) is 19.8 Å². The first-order chi connectivity index (χ1) is 10.2. The zero-order valence-corrected chi connectivity index (χ0v) is 12.4. The van der Waals surface area contributed by atoms with Gasteiger partial charge in [-0.1, -0.05) is 18.9 Å². The van der Waals surface area contributed by atoms with E-state index in [0.717, 1.165) is 31.2 Å². The maximum absolute atomic E-state index is 14.4. The first-order valence-corrected chi connectivity index (χ1v) is 7.98. The fourth-order valence-electron chi connectivity index (χ4n) is 3.56. The van der Waals surface area contributed by atoms with E-state index in [2.05, 4.69) is 0 Å². The molecule has 3 nitrogen and oxygen atoms in total. The lowest BCUT2D eigenvalue weighted by Gasteiger charge is -2.29. The number of ether oxygens (including phenoxy) is 2. The largest absolute Gasteiger partial charge is 0.487 e. The van der Waals surface area contributed by atoms with E-state index in [0.29, 0.717) is 25.5 Å². The van der Waals surface area contributed by atoms with E-state index in [1.807, 2.05) is 6.07 Å². The highest BCUT2D eigenvalue weighted by Gasteiger charge is 2.34. The van der Waals surface area contributed by atoms with Crippen molar-refractivity contribution in [3.63, 3.8) is 0 Å². The van der Waals surface area contributed by atoms with Gasteiger partial charge in [0.05, 0.1) is 13.2 Å². The Balaban J connectivity index is 1.76. The topological polar surface area (TPSA) is 44.5 Å². The fraction of sp³-hybridized carbons (Fsp3) is 0.647. The highest BCUT2D eigenvalue weighted by Crippen LogP contribution is 2.41. The molecule has 0 bridgehead atoms. The van der Waals surface area contributed by atoms with Crippen molar-refractivity contribution in [3.05, 3.63) is 29.6 Å². The van der Waals surface area contributed by atoms with Crippen LogP contribution in [-0.2, 0) is 10.2 Å². The summed E-state index contributed by atoms with van der Waals surface area (Å²) in [5.41, 5.74) is 6.97. The molecule has 1 saturated carbocycles. The summed E-state index contributed by atoms with van der Waals surface area (Å²) in [4.78, 5) is 0. The first kappa shape index (κ1) is 14.8. The van der Waals surface area contributed by atoms with Crippen LogP contribution in [0, 0.1) is 5.82 Å². The van der Waals surface area contributed by atoms with Crippen LogP contribution in [0.15, 0.2) is 18.2 Å². The van der Waals surface area contributed by atoms with E-state index in [9.17, 15) is 4.39 Å². The van der Waals surface area contributed by atoms with Crippen LogP contribution in [0.25, 0.3) is 0 Å². The molecule has 3 rings (SSSR count). The normalized spacial score (nSPS) is 22.4. The molecule has 1 aliphatic heterocycles. The minimum absolute atomic E-state index is 0.0297. The van der Waals surface area contributed by atoms with Gasteiger partial charge < -0.3 is 15.2 Å². The van der Waals surface area contributed by atoms with E-state index < -0.39 is 0 Å². The van der Waals surface area contributed by atoms with Crippen LogP contribution in [0.2, 0.25) is 0 Å². The zero-order chi connectivity index (χ0) is 14.7. The molecule has 116 valence electrons. The molecule has 4 heteroatoms. The number of hydrogen-bond donors (Lipinski definition) is 1. The smallest absolute Gasteiger partial charge is 0.165 e. The molecule has 1 aromatic carbocycles. The molecule has 2 aliphatic rings. The van der Waals surface area contributed by atoms with Crippen molar-refractivity contribution >= 4 is 0 Å². The predicted octanol–water partition coefficient (Wildman–Crippen LogP) is 3.15. The Morgan fingerprint density at radius 1 is 1.24 bits per heavy atom. The van der Waals surface area contributed by atoms with Crippen molar-refractivity contribution in [2.45, 2.75) is 50.0 Å². The lowest BCUT2D eigenvalue weighted by Crippen LogP contribution is -2.32. The molecule has 1 aliphatic carbocycles. The second-order valence-electron chi connectivity index (χ2n) is 6.27. The lowest BCUT2D eigenvalue weighted by molar-refractivity contribution is 0.0240. The summed E-state index contributed by atoms with van der Waals surface area (Å²) in [6.07, 6.45) is 6.20. The quantitative estimate of drug-likeness (QED) is 0.927. The summed E-state index contributed by atoms with van der Waals surface area (Å²) in [7, 11) is 0. The van der Waals surface area contributed by atoms with Crippen molar-refractivity contribution < 1.29 is 13.9 Å². The van der Waals surface area contributed by atoms with Crippen LogP contribution < -0.4 is 10.5 Å². The van der Waals surface area contributed by atoms with Gasteiger partial charge in [0.2, 0.25) is 0 Å². The van der Waals surface area contributed by atoms with Gasteiger partial charge in [-0.2, -0.15) is 0 Å². The van der Waals surface area contributed by atoms with Crippen molar-refractivity contribution in [1.29, 1.82) is 0 Å². The van der Waals surface area contributed by atoms with Crippen LogP contribution in [-0.4, -0.2) is 25.9 Å². The third kappa shape index (κ3) is 3.06. The summed E-state index contributed by atoms with van der Waals surface area (Å²) >= 11 is 0. The van der Waals surface area contributed by atoms with Gasteiger partial charge in [0.25, 0.3) is 0 Å². The van der Waals surface area contributed by atoms with Crippen LogP contribution in [0.5, 0.6) is 5.75 Å². The van der Waals surface area contributed by atoms with Crippen molar-refractivity contribution in [3.8, 4) is 5.75 Å². The summed E-state index contributed by atoms with van der Waals surface area (Å²) in [5, 5.41) is 0.